The Morgan fingerprint density at radius 3 is 2.50 bits per heavy atom. The Labute approximate surface area is 170 Å². The fraction of sp³-hybridized carbons (Fsp3) is 0.350. The van der Waals surface area contributed by atoms with E-state index in [-0.39, 0.29) is 5.69 Å². The van der Waals surface area contributed by atoms with Gasteiger partial charge in [-0.3, -0.25) is 0 Å². The second kappa shape index (κ2) is 7.24. The summed E-state index contributed by atoms with van der Waals surface area (Å²) in [6, 6.07) is 7.67. The molecule has 0 saturated heterocycles. The first-order valence-electron chi connectivity index (χ1n) is 9.13. The minimum absolute atomic E-state index is 0.258. The lowest BCUT2D eigenvalue weighted by Crippen LogP contribution is -2.16. The molecule has 0 amide bonds. The number of alkyl halides is 2. The van der Waals surface area contributed by atoms with Crippen molar-refractivity contribution in [2.75, 3.05) is 11.4 Å². The van der Waals surface area contributed by atoms with Crippen LogP contribution in [-0.4, -0.2) is 26.3 Å². The number of benzene rings is 1. The van der Waals surface area contributed by atoms with E-state index in [9.17, 15) is 8.78 Å². The van der Waals surface area contributed by atoms with Crippen LogP contribution >= 0.6 is 15.9 Å². The maximum atomic E-state index is 12.9. The van der Waals surface area contributed by atoms with Crippen molar-refractivity contribution in [2.45, 2.75) is 39.5 Å². The molecule has 0 atom stereocenters. The Morgan fingerprint density at radius 1 is 1.11 bits per heavy atom. The van der Waals surface area contributed by atoms with E-state index in [0.717, 1.165) is 28.1 Å². The van der Waals surface area contributed by atoms with Crippen LogP contribution in [0.1, 0.15) is 48.8 Å². The average molecular weight is 448 g/mol. The summed E-state index contributed by atoms with van der Waals surface area (Å²) in [7, 11) is 0. The first-order chi connectivity index (χ1) is 13.3. The third kappa shape index (κ3) is 3.30. The van der Waals surface area contributed by atoms with E-state index in [0.29, 0.717) is 24.0 Å². The molecule has 0 N–H and O–H groups in total. The third-order valence-corrected chi connectivity index (χ3v) is 5.53. The molecule has 146 valence electrons. The van der Waals surface area contributed by atoms with Crippen molar-refractivity contribution in [2.24, 2.45) is 0 Å². The maximum Gasteiger partial charge on any atom is 0.282 e. The molecule has 0 radical (unpaired) electrons. The molecule has 1 aromatic carbocycles. The van der Waals surface area contributed by atoms with Gasteiger partial charge in [-0.15, -0.1) is 0 Å². The van der Waals surface area contributed by atoms with Crippen LogP contribution in [0.15, 0.2) is 34.9 Å². The number of halogens is 3. The molecule has 1 aliphatic heterocycles. The van der Waals surface area contributed by atoms with Gasteiger partial charge >= 0.3 is 0 Å². The van der Waals surface area contributed by atoms with E-state index in [2.05, 4.69) is 67.9 Å². The van der Waals surface area contributed by atoms with Gasteiger partial charge in [0.25, 0.3) is 6.43 Å². The second-order valence-corrected chi connectivity index (χ2v) is 8.00. The summed E-state index contributed by atoms with van der Waals surface area (Å²) in [5, 5.41) is 3.99. The predicted molar refractivity (Wildman–Crippen MR) is 108 cm³/mol. The van der Waals surface area contributed by atoms with Crippen LogP contribution < -0.4 is 4.90 Å². The summed E-state index contributed by atoms with van der Waals surface area (Å²) in [6.45, 7) is 6.86. The van der Waals surface area contributed by atoms with Crippen LogP contribution in [-0.2, 0) is 6.42 Å². The highest BCUT2D eigenvalue weighted by Gasteiger charge is 2.28. The van der Waals surface area contributed by atoms with E-state index in [1.807, 2.05) is 0 Å². The fourth-order valence-electron chi connectivity index (χ4n) is 3.44. The topological polar surface area (TPSA) is 46.8 Å². The molecule has 0 spiro atoms. The minimum Gasteiger partial charge on any atom is -0.325 e. The third-order valence-electron chi connectivity index (χ3n) is 4.90. The van der Waals surface area contributed by atoms with Gasteiger partial charge in [-0.2, -0.15) is 5.10 Å². The number of hydrogen-bond donors (Lipinski definition) is 0. The Balaban J connectivity index is 1.78. The average Bonchev–Trinajstić information content (AvgIpc) is 3.28. The van der Waals surface area contributed by atoms with Gasteiger partial charge in [0.05, 0.1) is 5.69 Å². The summed E-state index contributed by atoms with van der Waals surface area (Å²) in [6.07, 6.45) is -0.364. The lowest BCUT2D eigenvalue weighted by Gasteiger charge is -2.21. The lowest BCUT2D eigenvalue weighted by molar-refractivity contribution is 0.145. The molecule has 1 aliphatic rings. The number of anilines is 2. The number of hydrogen-bond acceptors (Lipinski definition) is 4. The Kier molecular flexibility index (Phi) is 4.91. The van der Waals surface area contributed by atoms with Crippen molar-refractivity contribution in [3.63, 3.8) is 0 Å². The minimum atomic E-state index is -2.61. The summed E-state index contributed by atoms with van der Waals surface area (Å²) in [4.78, 5) is 11.3. The number of fused-ring (bicyclic) bond motifs is 1. The summed E-state index contributed by atoms with van der Waals surface area (Å²) in [5.74, 6) is 2.38. The van der Waals surface area contributed by atoms with Crippen molar-refractivity contribution >= 4 is 27.4 Å². The highest BCUT2D eigenvalue weighted by Crippen LogP contribution is 2.39. The first kappa shape index (κ1) is 19.0. The van der Waals surface area contributed by atoms with E-state index in [4.69, 9.17) is 0 Å². The Hall–Kier alpha value is -2.35. The van der Waals surface area contributed by atoms with Crippen LogP contribution in [0.4, 0.5) is 20.3 Å². The molecule has 8 heteroatoms. The molecule has 0 unspecified atom stereocenters. The first-order valence-corrected chi connectivity index (χ1v) is 9.93. The van der Waals surface area contributed by atoms with Crippen LogP contribution in [0, 0.1) is 6.92 Å². The number of aryl methyl sites for hydroxylation is 1. The zero-order valence-electron chi connectivity index (χ0n) is 15.8. The van der Waals surface area contributed by atoms with Gasteiger partial charge in [0.15, 0.2) is 5.82 Å². The van der Waals surface area contributed by atoms with Crippen LogP contribution in [0.25, 0.3) is 5.82 Å². The standard InChI is InChI=1S/C20H20BrF2N5/c1-11(2)13-4-5-17(15(21)10-13)27-8-6-14-19(27)24-12(3)25-20(14)28-9-7-16(26-28)18(22)23/h4-5,7,9-11,18H,6,8H2,1-3H3. The highest BCUT2D eigenvalue weighted by atomic mass is 79.9. The molecular weight excluding hydrogens is 428 g/mol. The van der Waals surface area contributed by atoms with Crippen LogP contribution in [0.5, 0.6) is 0 Å². The van der Waals surface area contributed by atoms with Gasteiger partial charge in [-0.25, -0.2) is 23.4 Å². The number of nitrogens with zero attached hydrogens (tertiary/aromatic N) is 5. The number of aromatic nitrogens is 4. The molecule has 0 bridgehead atoms. The van der Waals surface area contributed by atoms with Crippen molar-refractivity contribution in [3.05, 3.63) is 57.6 Å². The van der Waals surface area contributed by atoms with E-state index in [1.54, 1.807) is 6.92 Å². The highest BCUT2D eigenvalue weighted by molar-refractivity contribution is 9.10. The molecule has 0 aliphatic carbocycles. The molecule has 0 fully saturated rings. The van der Waals surface area contributed by atoms with Gasteiger partial charge in [0.1, 0.15) is 17.3 Å². The van der Waals surface area contributed by atoms with Gasteiger partial charge in [-0.1, -0.05) is 19.9 Å². The van der Waals surface area contributed by atoms with Crippen molar-refractivity contribution in [3.8, 4) is 5.82 Å². The predicted octanol–water partition coefficient (Wildman–Crippen LogP) is 5.49. The fourth-order valence-corrected chi connectivity index (χ4v) is 4.05. The largest absolute Gasteiger partial charge is 0.325 e. The normalized spacial score (nSPS) is 13.6. The SMILES string of the molecule is Cc1nc2c(c(-n3ccc(C(F)F)n3)n1)CCN2c1ccc(C(C)C)cc1Br. The van der Waals surface area contributed by atoms with Crippen molar-refractivity contribution < 1.29 is 8.78 Å². The lowest BCUT2D eigenvalue weighted by atomic mass is 10.0. The Morgan fingerprint density at radius 2 is 1.86 bits per heavy atom. The second-order valence-electron chi connectivity index (χ2n) is 7.15. The van der Waals surface area contributed by atoms with E-state index in [1.165, 1.54) is 22.5 Å². The van der Waals surface area contributed by atoms with E-state index >= 15 is 0 Å². The van der Waals surface area contributed by atoms with Crippen LogP contribution in [0.2, 0.25) is 0 Å². The van der Waals surface area contributed by atoms with Crippen LogP contribution in [0.3, 0.4) is 0 Å². The smallest absolute Gasteiger partial charge is 0.282 e. The van der Waals surface area contributed by atoms with Gasteiger partial charge < -0.3 is 4.90 Å². The van der Waals surface area contributed by atoms with Gasteiger partial charge in [0.2, 0.25) is 0 Å². The molecule has 3 aromatic rings. The van der Waals surface area contributed by atoms with Crippen molar-refractivity contribution in [1.29, 1.82) is 0 Å². The van der Waals surface area contributed by atoms with Gasteiger partial charge in [-0.05, 0) is 59.0 Å². The van der Waals surface area contributed by atoms with Gasteiger partial charge in [0, 0.05) is 22.8 Å². The molecule has 0 saturated carbocycles. The molecule has 28 heavy (non-hydrogen) atoms. The van der Waals surface area contributed by atoms with Crippen molar-refractivity contribution in [1.82, 2.24) is 19.7 Å². The molecule has 4 rings (SSSR count). The zero-order valence-corrected chi connectivity index (χ0v) is 17.4. The summed E-state index contributed by atoms with van der Waals surface area (Å²) >= 11 is 3.69. The summed E-state index contributed by atoms with van der Waals surface area (Å²) in [5.41, 5.74) is 2.94. The quantitative estimate of drug-likeness (QED) is 0.530. The summed E-state index contributed by atoms with van der Waals surface area (Å²) < 4.78 is 28.3. The van der Waals surface area contributed by atoms with E-state index < -0.39 is 6.43 Å². The molecule has 3 heterocycles. The molecule has 2 aromatic heterocycles. The zero-order chi connectivity index (χ0) is 20.0. The monoisotopic (exact) mass is 447 g/mol. The molecule has 5 nitrogen and oxygen atoms in total. The molecular formula is C20H20BrF2N5. The maximum absolute atomic E-state index is 12.9. The Bertz CT molecular complexity index is 1030. The number of rotatable bonds is 4.